The molecule has 0 atom stereocenters. The fourth-order valence-electron chi connectivity index (χ4n) is 2.44. The summed E-state index contributed by atoms with van der Waals surface area (Å²) < 4.78 is 24.0. The monoisotopic (exact) mass is 367 g/mol. The summed E-state index contributed by atoms with van der Waals surface area (Å²) in [6, 6.07) is 17.0. The molecule has 0 saturated heterocycles. The van der Waals surface area contributed by atoms with Crippen molar-refractivity contribution in [2.24, 2.45) is 0 Å². The van der Waals surface area contributed by atoms with Gasteiger partial charge < -0.3 is 20.5 Å². The van der Waals surface area contributed by atoms with E-state index in [0.717, 1.165) is 11.6 Å². The van der Waals surface area contributed by atoms with Crippen LogP contribution < -0.4 is 20.5 Å². The molecular weight excluding hydrogens is 349 g/mol. The van der Waals surface area contributed by atoms with Crippen molar-refractivity contribution in [2.45, 2.75) is 6.54 Å². The number of methoxy groups -OCH3 is 1. The largest absolute Gasteiger partial charge is 0.497 e. The molecule has 3 N–H and O–H groups in total. The number of benzene rings is 2. The minimum absolute atomic E-state index is 0.125. The van der Waals surface area contributed by atoms with E-state index >= 15 is 0 Å². The maximum atomic E-state index is 13.0. The van der Waals surface area contributed by atoms with E-state index in [2.05, 4.69) is 10.3 Å². The number of halogens is 1. The minimum Gasteiger partial charge on any atom is -0.497 e. The van der Waals surface area contributed by atoms with Crippen LogP contribution in [-0.2, 0) is 6.54 Å². The van der Waals surface area contributed by atoms with Crippen molar-refractivity contribution in [3.8, 4) is 17.2 Å². The Balaban J connectivity index is 1.66. The molecular formula is C20H18FN3O3. The van der Waals surface area contributed by atoms with Crippen LogP contribution in [0, 0.1) is 5.95 Å². The van der Waals surface area contributed by atoms with Gasteiger partial charge in [-0.25, -0.2) is 4.98 Å². The maximum Gasteiger partial charge on any atom is 0.255 e. The first-order valence-electron chi connectivity index (χ1n) is 8.16. The Morgan fingerprint density at radius 2 is 1.78 bits per heavy atom. The van der Waals surface area contributed by atoms with E-state index in [4.69, 9.17) is 15.2 Å². The summed E-state index contributed by atoms with van der Waals surface area (Å²) in [5.41, 5.74) is 6.54. The Morgan fingerprint density at radius 1 is 1.07 bits per heavy atom. The molecule has 0 aliphatic carbocycles. The predicted octanol–water partition coefficient (Wildman–Crippen LogP) is 3.53. The average molecular weight is 367 g/mol. The van der Waals surface area contributed by atoms with Gasteiger partial charge in [-0.1, -0.05) is 18.2 Å². The molecule has 1 amide bonds. The fourth-order valence-corrected chi connectivity index (χ4v) is 2.44. The molecule has 0 fully saturated rings. The van der Waals surface area contributed by atoms with Gasteiger partial charge in [-0.2, -0.15) is 4.39 Å². The first kappa shape index (κ1) is 18.2. The summed E-state index contributed by atoms with van der Waals surface area (Å²) in [7, 11) is 1.59. The van der Waals surface area contributed by atoms with Crippen molar-refractivity contribution in [1.82, 2.24) is 10.3 Å². The maximum absolute atomic E-state index is 13.0. The topological polar surface area (TPSA) is 86.5 Å². The number of aromatic nitrogens is 1. The Morgan fingerprint density at radius 3 is 2.52 bits per heavy atom. The van der Waals surface area contributed by atoms with E-state index in [1.807, 2.05) is 42.5 Å². The number of anilines is 1. The van der Waals surface area contributed by atoms with Crippen molar-refractivity contribution >= 4 is 11.7 Å². The van der Waals surface area contributed by atoms with Gasteiger partial charge in [-0.15, -0.1) is 0 Å². The lowest BCUT2D eigenvalue weighted by atomic mass is 10.2. The van der Waals surface area contributed by atoms with Crippen LogP contribution in [0.25, 0.3) is 0 Å². The quantitative estimate of drug-likeness (QED) is 0.651. The highest BCUT2D eigenvalue weighted by Gasteiger charge is 2.11. The number of nitrogens with zero attached hydrogens (tertiary/aromatic N) is 1. The van der Waals surface area contributed by atoms with Crippen LogP contribution in [0.3, 0.4) is 0 Å². The molecule has 2 aromatic carbocycles. The van der Waals surface area contributed by atoms with Gasteiger partial charge in [0.1, 0.15) is 23.1 Å². The van der Waals surface area contributed by atoms with Gasteiger partial charge in [0.05, 0.1) is 12.7 Å². The van der Waals surface area contributed by atoms with Crippen LogP contribution in [0.2, 0.25) is 0 Å². The number of pyridine rings is 1. The number of carbonyl (C=O) groups excluding carboxylic acids is 1. The molecule has 1 aromatic heterocycles. The Kier molecular flexibility index (Phi) is 5.51. The normalized spacial score (nSPS) is 10.3. The summed E-state index contributed by atoms with van der Waals surface area (Å²) in [6.07, 6.45) is 0. The third kappa shape index (κ3) is 4.72. The van der Waals surface area contributed by atoms with Crippen LogP contribution in [0.5, 0.6) is 17.2 Å². The van der Waals surface area contributed by atoms with Gasteiger partial charge in [-0.3, -0.25) is 4.79 Å². The number of rotatable bonds is 6. The van der Waals surface area contributed by atoms with E-state index in [1.54, 1.807) is 13.2 Å². The van der Waals surface area contributed by atoms with E-state index < -0.39 is 11.9 Å². The number of hydrogen-bond acceptors (Lipinski definition) is 5. The second-order valence-corrected chi connectivity index (χ2v) is 5.68. The summed E-state index contributed by atoms with van der Waals surface area (Å²) >= 11 is 0. The number of nitrogens with one attached hydrogen (secondary N) is 1. The number of carbonyl (C=O) groups is 1. The highest BCUT2D eigenvalue weighted by Crippen LogP contribution is 2.25. The van der Waals surface area contributed by atoms with E-state index in [0.29, 0.717) is 17.2 Å². The third-order valence-corrected chi connectivity index (χ3v) is 3.76. The fraction of sp³-hybridized carbons (Fsp3) is 0.100. The second kappa shape index (κ2) is 8.18. The minimum atomic E-state index is -0.730. The van der Waals surface area contributed by atoms with Crippen molar-refractivity contribution in [1.29, 1.82) is 0 Å². The number of nitrogens with two attached hydrogens (primary N) is 1. The van der Waals surface area contributed by atoms with Crippen molar-refractivity contribution in [3.05, 3.63) is 77.7 Å². The van der Waals surface area contributed by atoms with Crippen LogP contribution >= 0.6 is 0 Å². The van der Waals surface area contributed by atoms with Crippen LogP contribution in [0.1, 0.15) is 15.9 Å². The van der Waals surface area contributed by atoms with Gasteiger partial charge in [0.2, 0.25) is 5.95 Å². The predicted molar refractivity (Wildman–Crippen MR) is 99.3 cm³/mol. The smallest absolute Gasteiger partial charge is 0.255 e. The zero-order valence-electron chi connectivity index (χ0n) is 14.6. The Bertz CT molecular complexity index is 963. The average Bonchev–Trinajstić information content (AvgIpc) is 2.66. The standard InChI is InChI=1S/C20H18FN3O3/c1-26-14-5-3-7-16(11-14)27-15-6-2-4-13(10-15)12-23-20(25)17-8-9-18(21)24-19(17)22/h2-11H,12H2,1H3,(H2,22,24)(H,23,25). The number of nitrogen functional groups attached to an aromatic ring is 1. The molecule has 0 aliphatic rings. The third-order valence-electron chi connectivity index (χ3n) is 3.76. The molecule has 7 heteroatoms. The van der Waals surface area contributed by atoms with E-state index in [1.165, 1.54) is 6.07 Å². The van der Waals surface area contributed by atoms with Gasteiger partial charge in [0.15, 0.2) is 0 Å². The first-order chi connectivity index (χ1) is 13.0. The van der Waals surface area contributed by atoms with Gasteiger partial charge in [-0.05, 0) is 42.0 Å². The zero-order chi connectivity index (χ0) is 19.2. The van der Waals surface area contributed by atoms with Crippen LogP contribution in [0.15, 0.2) is 60.7 Å². The molecule has 0 saturated carbocycles. The number of ether oxygens (including phenoxy) is 2. The molecule has 0 unspecified atom stereocenters. The van der Waals surface area contributed by atoms with Gasteiger partial charge in [0.25, 0.3) is 5.91 Å². The highest BCUT2D eigenvalue weighted by atomic mass is 19.1. The molecule has 3 rings (SSSR count). The van der Waals surface area contributed by atoms with Crippen molar-refractivity contribution in [2.75, 3.05) is 12.8 Å². The summed E-state index contributed by atoms with van der Waals surface area (Å²) in [6.45, 7) is 0.255. The molecule has 0 aliphatic heterocycles. The molecule has 0 bridgehead atoms. The lowest BCUT2D eigenvalue weighted by molar-refractivity contribution is 0.0951. The van der Waals surface area contributed by atoms with Crippen molar-refractivity contribution < 1.29 is 18.7 Å². The van der Waals surface area contributed by atoms with Crippen LogP contribution in [0.4, 0.5) is 10.2 Å². The molecule has 27 heavy (non-hydrogen) atoms. The second-order valence-electron chi connectivity index (χ2n) is 5.68. The number of amides is 1. The van der Waals surface area contributed by atoms with E-state index in [9.17, 15) is 9.18 Å². The first-order valence-corrected chi connectivity index (χ1v) is 8.16. The molecule has 0 radical (unpaired) electrons. The van der Waals surface area contributed by atoms with Crippen molar-refractivity contribution in [3.63, 3.8) is 0 Å². The highest BCUT2D eigenvalue weighted by molar-refractivity contribution is 5.98. The lowest BCUT2D eigenvalue weighted by Crippen LogP contribution is -2.24. The summed E-state index contributed by atoms with van der Waals surface area (Å²) in [4.78, 5) is 15.6. The molecule has 1 heterocycles. The molecule has 6 nitrogen and oxygen atoms in total. The molecule has 3 aromatic rings. The summed E-state index contributed by atoms with van der Waals surface area (Å²) in [5, 5.41) is 2.73. The summed E-state index contributed by atoms with van der Waals surface area (Å²) in [5.74, 6) is 0.647. The lowest BCUT2D eigenvalue weighted by Gasteiger charge is -2.10. The van der Waals surface area contributed by atoms with Crippen LogP contribution in [-0.4, -0.2) is 18.0 Å². The molecule has 0 spiro atoms. The van der Waals surface area contributed by atoms with Gasteiger partial charge in [0, 0.05) is 12.6 Å². The molecule has 138 valence electrons. The Labute approximate surface area is 155 Å². The SMILES string of the molecule is COc1cccc(Oc2cccc(CNC(=O)c3ccc(F)nc3N)c2)c1. The number of hydrogen-bond donors (Lipinski definition) is 2. The van der Waals surface area contributed by atoms with E-state index in [-0.39, 0.29) is 17.9 Å². The zero-order valence-corrected chi connectivity index (χ0v) is 14.6. The van der Waals surface area contributed by atoms with Gasteiger partial charge >= 0.3 is 0 Å². The Hall–Kier alpha value is -3.61.